The number of carbonyl (C=O) groups excluding carboxylic acids is 1. The van der Waals surface area contributed by atoms with Crippen molar-refractivity contribution >= 4 is 49.7 Å². The Hall–Kier alpha value is -3.35. The Morgan fingerprint density at radius 1 is 0.875 bits per heavy atom. The quantitative estimate of drug-likeness (QED) is 0.379. The third-order valence-electron chi connectivity index (χ3n) is 5.06. The molecule has 0 saturated carbocycles. The van der Waals surface area contributed by atoms with Crippen LogP contribution in [0.1, 0.15) is 11.1 Å². The van der Waals surface area contributed by atoms with Gasteiger partial charge < -0.3 is 5.32 Å². The number of halogens is 1. The molecule has 0 spiro atoms. The van der Waals surface area contributed by atoms with Crippen LogP contribution in [0.3, 0.4) is 0 Å². The first-order chi connectivity index (χ1) is 15.3. The number of fused-ring (bicyclic) bond motifs is 1. The lowest BCUT2D eigenvalue weighted by Gasteiger charge is -2.11. The summed E-state index contributed by atoms with van der Waals surface area (Å²) >= 11 is 5.95. The van der Waals surface area contributed by atoms with Crippen LogP contribution < -0.4 is 10.0 Å². The van der Waals surface area contributed by atoms with Crippen LogP contribution in [0.4, 0.5) is 11.4 Å². The normalized spacial score (nSPS) is 11.3. The predicted octanol–water partition coefficient (Wildman–Crippen LogP) is 5.78. The number of anilines is 2. The van der Waals surface area contributed by atoms with Crippen LogP contribution in [0.2, 0.25) is 5.02 Å². The average molecular weight is 465 g/mol. The van der Waals surface area contributed by atoms with Gasteiger partial charge in [-0.15, -0.1) is 0 Å². The van der Waals surface area contributed by atoms with E-state index in [2.05, 4.69) is 10.0 Å². The van der Waals surface area contributed by atoms with Crippen LogP contribution in [0, 0.1) is 6.92 Å². The van der Waals surface area contributed by atoms with E-state index in [9.17, 15) is 13.2 Å². The van der Waals surface area contributed by atoms with Crippen molar-refractivity contribution in [2.24, 2.45) is 0 Å². The summed E-state index contributed by atoms with van der Waals surface area (Å²) in [6, 6.07) is 24.6. The Labute approximate surface area is 192 Å². The van der Waals surface area contributed by atoms with Gasteiger partial charge in [0.15, 0.2) is 0 Å². The van der Waals surface area contributed by atoms with Gasteiger partial charge in [0.1, 0.15) is 0 Å². The highest BCUT2D eigenvalue weighted by Gasteiger charge is 2.15. The molecule has 0 aliphatic rings. The fourth-order valence-electron chi connectivity index (χ4n) is 3.39. The van der Waals surface area contributed by atoms with Gasteiger partial charge in [-0.3, -0.25) is 9.52 Å². The van der Waals surface area contributed by atoms with E-state index < -0.39 is 10.0 Å². The van der Waals surface area contributed by atoms with Gasteiger partial charge in [-0.25, -0.2) is 8.42 Å². The van der Waals surface area contributed by atoms with Crippen LogP contribution in [-0.2, 0) is 21.2 Å². The maximum Gasteiger partial charge on any atom is 0.261 e. The molecule has 0 bridgehead atoms. The topological polar surface area (TPSA) is 75.3 Å². The Bertz CT molecular complexity index is 1400. The standard InChI is InChI=1S/C25H21ClN2O3S/c1-17-14-21(26)9-13-24(17)27-25(29)15-18-6-10-22(11-7-18)28-32(30,31)23-12-8-19-4-2-3-5-20(19)16-23/h2-14,16,28H,15H2,1H3,(H,27,29). The van der Waals surface area contributed by atoms with Gasteiger partial charge in [-0.2, -0.15) is 0 Å². The lowest BCUT2D eigenvalue weighted by Crippen LogP contribution is -2.15. The minimum atomic E-state index is -3.73. The van der Waals surface area contributed by atoms with E-state index in [1.807, 2.05) is 31.2 Å². The van der Waals surface area contributed by atoms with Crippen LogP contribution >= 0.6 is 11.6 Å². The summed E-state index contributed by atoms with van der Waals surface area (Å²) in [4.78, 5) is 12.6. The van der Waals surface area contributed by atoms with Crippen molar-refractivity contribution in [2.45, 2.75) is 18.2 Å². The summed E-state index contributed by atoms with van der Waals surface area (Å²) in [5, 5.41) is 5.31. The van der Waals surface area contributed by atoms with Crippen LogP contribution in [-0.4, -0.2) is 14.3 Å². The smallest absolute Gasteiger partial charge is 0.261 e. The van der Waals surface area contributed by atoms with E-state index in [1.54, 1.807) is 60.7 Å². The van der Waals surface area contributed by atoms with E-state index in [0.717, 1.165) is 21.9 Å². The Balaban J connectivity index is 1.43. The molecule has 0 heterocycles. The van der Waals surface area contributed by atoms with Gasteiger partial charge in [0.2, 0.25) is 5.91 Å². The fourth-order valence-corrected chi connectivity index (χ4v) is 4.71. The number of nitrogens with one attached hydrogen (secondary N) is 2. The number of aryl methyl sites for hydroxylation is 1. The number of amides is 1. The second-order valence-electron chi connectivity index (χ2n) is 7.50. The first-order valence-electron chi connectivity index (χ1n) is 9.97. The number of sulfonamides is 1. The van der Waals surface area contributed by atoms with Crippen LogP contribution in [0.25, 0.3) is 10.8 Å². The highest BCUT2D eigenvalue weighted by atomic mass is 35.5. The lowest BCUT2D eigenvalue weighted by molar-refractivity contribution is -0.115. The molecule has 0 fully saturated rings. The van der Waals surface area contributed by atoms with E-state index in [0.29, 0.717) is 16.4 Å². The zero-order valence-corrected chi connectivity index (χ0v) is 18.9. The molecule has 5 nitrogen and oxygen atoms in total. The molecule has 1 amide bonds. The van der Waals surface area contributed by atoms with Crippen molar-refractivity contribution < 1.29 is 13.2 Å². The maximum absolute atomic E-state index is 12.8. The third kappa shape index (κ3) is 5.10. The summed E-state index contributed by atoms with van der Waals surface area (Å²) in [5.41, 5.74) is 2.78. The minimum absolute atomic E-state index is 0.166. The number of rotatable bonds is 6. The molecule has 162 valence electrons. The summed E-state index contributed by atoms with van der Waals surface area (Å²) < 4.78 is 28.2. The second kappa shape index (κ2) is 9.02. The van der Waals surface area contributed by atoms with Crippen LogP contribution in [0.5, 0.6) is 0 Å². The maximum atomic E-state index is 12.8. The van der Waals surface area contributed by atoms with Gasteiger partial charge in [0, 0.05) is 16.4 Å². The molecule has 4 rings (SSSR count). The zero-order chi connectivity index (χ0) is 22.7. The molecular weight excluding hydrogens is 444 g/mol. The van der Waals surface area contributed by atoms with Crippen molar-refractivity contribution in [1.29, 1.82) is 0 Å². The highest BCUT2D eigenvalue weighted by Crippen LogP contribution is 2.22. The van der Waals surface area contributed by atoms with Gasteiger partial charge in [0.25, 0.3) is 10.0 Å². The first-order valence-corrected chi connectivity index (χ1v) is 11.8. The molecule has 0 aliphatic carbocycles. The van der Waals surface area contributed by atoms with Crippen molar-refractivity contribution in [3.8, 4) is 0 Å². The van der Waals surface area contributed by atoms with E-state index in [4.69, 9.17) is 11.6 Å². The molecule has 32 heavy (non-hydrogen) atoms. The second-order valence-corrected chi connectivity index (χ2v) is 9.61. The Morgan fingerprint density at radius 3 is 2.31 bits per heavy atom. The number of hydrogen-bond acceptors (Lipinski definition) is 3. The van der Waals surface area contributed by atoms with Gasteiger partial charge in [-0.1, -0.05) is 54.1 Å². The Kier molecular flexibility index (Phi) is 6.17. The van der Waals surface area contributed by atoms with Crippen LogP contribution in [0.15, 0.2) is 89.8 Å². The average Bonchev–Trinajstić information content (AvgIpc) is 2.76. The molecule has 7 heteroatoms. The number of carbonyl (C=O) groups is 1. The lowest BCUT2D eigenvalue weighted by atomic mass is 10.1. The van der Waals surface area contributed by atoms with Crippen molar-refractivity contribution in [2.75, 3.05) is 10.0 Å². The molecule has 0 aliphatic heterocycles. The predicted molar refractivity (Wildman–Crippen MR) is 130 cm³/mol. The van der Waals surface area contributed by atoms with Crippen molar-refractivity contribution in [3.63, 3.8) is 0 Å². The monoisotopic (exact) mass is 464 g/mol. The first kappa shape index (κ1) is 21.9. The highest BCUT2D eigenvalue weighted by molar-refractivity contribution is 7.92. The summed E-state index contributed by atoms with van der Waals surface area (Å²) in [5.74, 6) is -0.167. The van der Waals surface area contributed by atoms with E-state index >= 15 is 0 Å². The molecule has 0 atom stereocenters. The summed E-state index contributed by atoms with van der Waals surface area (Å²) in [6.07, 6.45) is 0.166. The number of hydrogen-bond donors (Lipinski definition) is 2. The molecule has 0 unspecified atom stereocenters. The molecule has 0 aromatic heterocycles. The molecule has 4 aromatic rings. The molecule has 0 saturated heterocycles. The van der Waals surface area contributed by atoms with Crippen molar-refractivity contribution in [3.05, 3.63) is 101 Å². The fraction of sp³-hybridized carbons (Fsp3) is 0.0800. The molecule has 4 aromatic carbocycles. The SMILES string of the molecule is Cc1cc(Cl)ccc1NC(=O)Cc1ccc(NS(=O)(=O)c2ccc3ccccc3c2)cc1. The minimum Gasteiger partial charge on any atom is -0.326 e. The third-order valence-corrected chi connectivity index (χ3v) is 6.68. The molecule has 2 N–H and O–H groups in total. The van der Waals surface area contributed by atoms with Gasteiger partial charge in [-0.05, 0) is 71.3 Å². The summed E-state index contributed by atoms with van der Waals surface area (Å²) in [6.45, 7) is 1.87. The zero-order valence-electron chi connectivity index (χ0n) is 17.3. The number of benzene rings is 4. The summed E-state index contributed by atoms with van der Waals surface area (Å²) in [7, 11) is -3.73. The van der Waals surface area contributed by atoms with Gasteiger partial charge >= 0.3 is 0 Å². The molecule has 0 radical (unpaired) electrons. The molecular formula is C25H21ClN2O3S. The van der Waals surface area contributed by atoms with Crippen molar-refractivity contribution in [1.82, 2.24) is 0 Å². The van der Waals surface area contributed by atoms with E-state index in [1.165, 1.54) is 0 Å². The van der Waals surface area contributed by atoms with Gasteiger partial charge in [0.05, 0.1) is 11.3 Å². The van der Waals surface area contributed by atoms with E-state index in [-0.39, 0.29) is 17.2 Å². The largest absolute Gasteiger partial charge is 0.326 e. The Morgan fingerprint density at radius 2 is 1.59 bits per heavy atom.